The molecule has 0 heterocycles. The minimum absolute atomic E-state index is 0.126. The van der Waals surface area contributed by atoms with E-state index < -0.39 is 5.97 Å². The Morgan fingerprint density at radius 3 is 2.12 bits per heavy atom. The second kappa shape index (κ2) is 4.27. The first-order valence-corrected chi connectivity index (χ1v) is 7.11. The molecule has 4 bridgehead atoms. The lowest BCUT2D eigenvalue weighted by Gasteiger charge is -2.56. The van der Waals surface area contributed by atoms with Crippen LogP contribution in [0, 0.1) is 29.6 Å². The molecule has 3 N–H and O–H groups in total. The molecule has 0 aromatic carbocycles. The minimum Gasteiger partial charge on any atom is -0.481 e. The molecule has 4 aliphatic rings. The Hall–Kier alpha value is -0.570. The molecular formula is C14H23NO2. The summed E-state index contributed by atoms with van der Waals surface area (Å²) in [5.41, 5.74) is 6.28. The molecule has 3 heteroatoms. The molecule has 4 saturated carbocycles. The number of carboxylic acids is 1. The monoisotopic (exact) mass is 237 g/mol. The van der Waals surface area contributed by atoms with E-state index in [1.807, 2.05) is 0 Å². The lowest BCUT2D eigenvalue weighted by atomic mass is 9.50. The van der Waals surface area contributed by atoms with E-state index in [0.29, 0.717) is 12.3 Å². The quantitative estimate of drug-likeness (QED) is 0.788. The predicted octanol–water partition coefficient (Wildman–Crippen LogP) is 2.25. The molecule has 4 rings (SSSR count). The van der Waals surface area contributed by atoms with Crippen LogP contribution < -0.4 is 5.73 Å². The van der Waals surface area contributed by atoms with Gasteiger partial charge in [-0.2, -0.15) is 0 Å². The van der Waals surface area contributed by atoms with Gasteiger partial charge in [-0.25, -0.2) is 0 Å². The van der Waals surface area contributed by atoms with Gasteiger partial charge in [-0.3, -0.25) is 4.79 Å². The molecular weight excluding hydrogens is 214 g/mol. The maximum absolute atomic E-state index is 10.6. The fraction of sp³-hybridized carbons (Fsp3) is 0.929. The first-order valence-electron chi connectivity index (χ1n) is 7.11. The summed E-state index contributed by atoms with van der Waals surface area (Å²) in [6.07, 6.45) is 7.87. The molecule has 1 atom stereocenters. The summed E-state index contributed by atoms with van der Waals surface area (Å²) in [5.74, 6) is 3.50. The molecule has 0 radical (unpaired) electrons. The maximum atomic E-state index is 10.6. The van der Waals surface area contributed by atoms with Gasteiger partial charge in [0.25, 0.3) is 0 Å². The Kier molecular flexibility index (Phi) is 2.89. The van der Waals surface area contributed by atoms with Crippen LogP contribution in [0.25, 0.3) is 0 Å². The summed E-state index contributed by atoms with van der Waals surface area (Å²) in [5, 5.41) is 8.76. The molecule has 0 amide bonds. The van der Waals surface area contributed by atoms with E-state index in [-0.39, 0.29) is 12.5 Å². The van der Waals surface area contributed by atoms with Crippen molar-refractivity contribution in [3.63, 3.8) is 0 Å². The van der Waals surface area contributed by atoms with Crippen LogP contribution in [0.1, 0.15) is 44.9 Å². The number of rotatable bonds is 4. The Morgan fingerprint density at radius 1 is 1.12 bits per heavy atom. The highest BCUT2D eigenvalue weighted by Crippen LogP contribution is 2.57. The van der Waals surface area contributed by atoms with Crippen LogP contribution in [0.2, 0.25) is 0 Å². The SMILES string of the molecule is NC(CCC(=O)O)C1C2CC3CC(C2)CC1C3. The first kappa shape index (κ1) is 11.5. The summed E-state index contributed by atoms with van der Waals surface area (Å²) < 4.78 is 0. The van der Waals surface area contributed by atoms with E-state index in [4.69, 9.17) is 10.8 Å². The van der Waals surface area contributed by atoms with Crippen molar-refractivity contribution in [2.24, 2.45) is 35.3 Å². The zero-order valence-corrected chi connectivity index (χ0v) is 10.3. The van der Waals surface area contributed by atoms with Crippen molar-refractivity contribution in [1.29, 1.82) is 0 Å². The summed E-state index contributed by atoms with van der Waals surface area (Å²) in [7, 11) is 0. The molecule has 4 fully saturated rings. The van der Waals surface area contributed by atoms with Gasteiger partial charge in [-0.1, -0.05) is 0 Å². The van der Waals surface area contributed by atoms with Gasteiger partial charge in [0.2, 0.25) is 0 Å². The molecule has 1 unspecified atom stereocenters. The predicted molar refractivity (Wildman–Crippen MR) is 65.4 cm³/mol. The van der Waals surface area contributed by atoms with Gasteiger partial charge in [0.15, 0.2) is 0 Å². The topological polar surface area (TPSA) is 63.3 Å². The van der Waals surface area contributed by atoms with Crippen molar-refractivity contribution >= 4 is 5.97 Å². The van der Waals surface area contributed by atoms with Gasteiger partial charge >= 0.3 is 5.97 Å². The largest absolute Gasteiger partial charge is 0.481 e. The number of aliphatic carboxylic acids is 1. The van der Waals surface area contributed by atoms with Crippen molar-refractivity contribution in [3.8, 4) is 0 Å². The van der Waals surface area contributed by atoms with Gasteiger partial charge in [-0.15, -0.1) is 0 Å². The van der Waals surface area contributed by atoms with Crippen molar-refractivity contribution < 1.29 is 9.90 Å². The lowest BCUT2D eigenvalue weighted by Crippen LogP contribution is -2.51. The summed E-state index contributed by atoms with van der Waals surface area (Å²) in [4.78, 5) is 10.6. The van der Waals surface area contributed by atoms with Crippen LogP contribution in [-0.4, -0.2) is 17.1 Å². The van der Waals surface area contributed by atoms with E-state index in [9.17, 15) is 4.79 Å². The summed E-state index contributed by atoms with van der Waals surface area (Å²) >= 11 is 0. The number of nitrogens with two attached hydrogens (primary N) is 1. The Labute approximate surface area is 103 Å². The fourth-order valence-corrected chi connectivity index (χ4v) is 5.15. The average molecular weight is 237 g/mol. The van der Waals surface area contributed by atoms with E-state index >= 15 is 0 Å². The normalized spacial score (nSPS) is 44.9. The molecule has 0 saturated heterocycles. The summed E-state index contributed by atoms with van der Waals surface area (Å²) in [6, 6.07) is 0.126. The Balaban J connectivity index is 1.65. The van der Waals surface area contributed by atoms with Crippen LogP contribution in [0.3, 0.4) is 0 Å². The molecule has 0 aromatic heterocycles. The zero-order chi connectivity index (χ0) is 12.0. The molecule has 96 valence electrons. The number of carbonyl (C=O) groups is 1. The maximum Gasteiger partial charge on any atom is 0.303 e. The number of hydrogen-bond donors (Lipinski definition) is 2. The van der Waals surface area contributed by atoms with E-state index in [2.05, 4.69) is 0 Å². The number of hydrogen-bond acceptors (Lipinski definition) is 2. The standard InChI is InChI=1S/C14H23NO2/c15-12(1-2-13(16)17)14-10-4-8-3-9(6-10)7-11(14)5-8/h8-12,14H,1-7,15H2,(H,16,17). The molecule has 17 heavy (non-hydrogen) atoms. The summed E-state index contributed by atoms with van der Waals surface area (Å²) in [6.45, 7) is 0. The van der Waals surface area contributed by atoms with E-state index in [0.717, 1.165) is 23.7 Å². The second-order valence-corrected chi connectivity index (χ2v) is 6.60. The Bertz CT molecular complexity index is 287. The lowest BCUT2D eigenvalue weighted by molar-refractivity contribution is -0.137. The number of carboxylic acid groups (broad SMARTS) is 1. The first-order chi connectivity index (χ1) is 8.13. The van der Waals surface area contributed by atoms with Gasteiger partial charge < -0.3 is 10.8 Å². The molecule has 0 aromatic rings. The van der Waals surface area contributed by atoms with E-state index in [1.165, 1.54) is 32.1 Å². The highest BCUT2D eigenvalue weighted by atomic mass is 16.4. The highest BCUT2D eigenvalue weighted by Gasteiger charge is 2.49. The molecule has 0 aliphatic heterocycles. The third-order valence-corrected chi connectivity index (χ3v) is 5.49. The minimum atomic E-state index is -0.704. The average Bonchev–Trinajstić information content (AvgIpc) is 2.24. The Morgan fingerprint density at radius 2 is 1.65 bits per heavy atom. The van der Waals surface area contributed by atoms with Crippen LogP contribution in [0.15, 0.2) is 0 Å². The van der Waals surface area contributed by atoms with Crippen LogP contribution >= 0.6 is 0 Å². The van der Waals surface area contributed by atoms with Crippen molar-refractivity contribution in [2.45, 2.75) is 51.0 Å². The van der Waals surface area contributed by atoms with Crippen molar-refractivity contribution in [1.82, 2.24) is 0 Å². The van der Waals surface area contributed by atoms with Crippen LogP contribution in [0.4, 0.5) is 0 Å². The van der Waals surface area contributed by atoms with Gasteiger partial charge in [0, 0.05) is 12.5 Å². The third-order valence-electron chi connectivity index (χ3n) is 5.49. The van der Waals surface area contributed by atoms with Gasteiger partial charge in [0.05, 0.1) is 0 Å². The van der Waals surface area contributed by atoms with Crippen molar-refractivity contribution in [3.05, 3.63) is 0 Å². The van der Waals surface area contributed by atoms with Gasteiger partial charge in [-0.05, 0) is 68.1 Å². The van der Waals surface area contributed by atoms with Crippen LogP contribution in [0.5, 0.6) is 0 Å². The van der Waals surface area contributed by atoms with E-state index in [1.54, 1.807) is 0 Å². The second-order valence-electron chi connectivity index (χ2n) is 6.60. The highest BCUT2D eigenvalue weighted by molar-refractivity contribution is 5.66. The fourth-order valence-electron chi connectivity index (χ4n) is 5.15. The van der Waals surface area contributed by atoms with Gasteiger partial charge in [0.1, 0.15) is 0 Å². The third kappa shape index (κ3) is 2.10. The van der Waals surface area contributed by atoms with Crippen molar-refractivity contribution in [2.75, 3.05) is 0 Å². The molecule has 4 aliphatic carbocycles. The molecule has 0 spiro atoms. The zero-order valence-electron chi connectivity index (χ0n) is 10.3. The molecule has 3 nitrogen and oxygen atoms in total. The van der Waals surface area contributed by atoms with Crippen LogP contribution in [-0.2, 0) is 4.79 Å². The smallest absolute Gasteiger partial charge is 0.303 e.